The summed E-state index contributed by atoms with van der Waals surface area (Å²) in [5.41, 5.74) is 2.54. The Labute approximate surface area is 159 Å². The van der Waals surface area contributed by atoms with E-state index in [1.165, 1.54) is 11.3 Å². The summed E-state index contributed by atoms with van der Waals surface area (Å²) in [6.45, 7) is 4.46. The van der Waals surface area contributed by atoms with Gasteiger partial charge < -0.3 is 4.74 Å². The average molecular weight is 379 g/mol. The van der Waals surface area contributed by atoms with Crippen molar-refractivity contribution in [3.05, 3.63) is 59.7 Å². The van der Waals surface area contributed by atoms with Gasteiger partial charge in [-0.2, -0.15) is 4.52 Å². The minimum Gasteiger partial charge on any atom is -0.494 e. The molecule has 0 bridgehead atoms. The number of fused-ring (bicyclic) bond motifs is 1. The molecule has 0 saturated heterocycles. The lowest BCUT2D eigenvalue weighted by Crippen LogP contribution is -2.12. The van der Waals surface area contributed by atoms with Gasteiger partial charge in [0.2, 0.25) is 10.1 Å². The first-order valence-corrected chi connectivity index (χ1v) is 9.30. The molecule has 0 radical (unpaired) electrons. The van der Waals surface area contributed by atoms with Gasteiger partial charge >= 0.3 is 0 Å². The highest BCUT2D eigenvalue weighted by atomic mass is 32.1. The molecule has 2 aromatic carbocycles. The number of hydrogen-bond donors (Lipinski definition) is 1. The zero-order valence-electron chi connectivity index (χ0n) is 14.8. The maximum atomic E-state index is 12.5. The molecule has 0 aliphatic carbocycles. The van der Waals surface area contributed by atoms with Gasteiger partial charge in [0.25, 0.3) is 5.91 Å². The molecule has 4 aromatic rings. The van der Waals surface area contributed by atoms with Crippen molar-refractivity contribution in [2.75, 3.05) is 11.9 Å². The van der Waals surface area contributed by atoms with E-state index in [-0.39, 0.29) is 5.91 Å². The van der Waals surface area contributed by atoms with E-state index in [9.17, 15) is 4.79 Å². The zero-order valence-corrected chi connectivity index (χ0v) is 15.7. The molecular formula is C19H17N5O2S. The summed E-state index contributed by atoms with van der Waals surface area (Å²) >= 11 is 1.27. The van der Waals surface area contributed by atoms with Gasteiger partial charge in [-0.15, -0.1) is 15.3 Å². The Hall–Kier alpha value is -3.26. The minimum absolute atomic E-state index is 0.251. The molecule has 27 heavy (non-hydrogen) atoms. The molecule has 8 heteroatoms. The van der Waals surface area contributed by atoms with Gasteiger partial charge in [0.15, 0.2) is 5.82 Å². The smallest absolute Gasteiger partial charge is 0.257 e. The van der Waals surface area contributed by atoms with Crippen LogP contribution in [0, 0.1) is 6.92 Å². The molecule has 0 spiro atoms. The average Bonchev–Trinajstić information content (AvgIpc) is 3.23. The summed E-state index contributed by atoms with van der Waals surface area (Å²) in [5.74, 6) is 1.06. The number of aryl methyl sites for hydroxylation is 1. The highest BCUT2D eigenvalue weighted by molar-refractivity contribution is 7.20. The van der Waals surface area contributed by atoms with Gasteiger partial charge in [0.05, 0.1) is 6.61 Å². The summed E-state index contributed by atoms with van der Waals surface area (Å²) in [6.07, 6.45) is 0. The number of anilines is 1. The van der Waals surface area contributed by atoms with E-state index in [0.29, 0.717) is 33.8 Å². The maximum Gasteiger partial charge on any atom is 0.257 e. The molecule has 0 aliphatic rings. The van der Waals surface area contributed by atoms with Crippen molar-refractivity contribution in [1.82, 2.24) is 19.8 Å². The second-order valence-corrected chi connectivity index (χ2v) is 6.81. The van der Waals surface area contributed by atoms with Crippen molar-refractivity contribution in [3.63, 3.8) is 0 Å². The number of carbonyl (C=O) groups excluding carboxylic acids is 1. The third-order valence-corrected chi connectivity index (χ3v) is 4.82. The molecule has 0 unspecified atom stereocenters. The molecule has 0 saturated carbocycles. The van der Waals surface area contributed by atoms with E-state index >= 15 is 0 Å². The molecule has 1 N–H and O–H groups in total. The van der Waals surface area contributed by atoms with Crippen LogP contribution in [-0.4, -0.2) is 32.3 Å². The molecule has 0 atom stereocenters. The van der Waals surface area contributed by atoms with Crippen LogP contribution in [0.3, 0.4) is 0 Å². The highest BCUT2D eigenvalue weighted by Gasteiger charge is 2.16. The van der Waals surface area contributed by atoms with Crippen molar-refractivity contribution in [2.24, 2.45) is 0 Å². The molecular weight excluding hydrogens is 362 g/mol. The van der Waals surface area contributed by atoms with E-state index in [0.717, 1.165) is 11.1 Å². The van der Waals surface area contributed by atoms with Crippen molar-refractivity contribution >= 4 is 27.3 Å². The Morgan fingerprint density at radius 3 is 2.85 bits per heavy atom. The summed E-state index contributed by atoms with van der Waals surface area (Å²) in [5, 5.41) is 16.1. The lowest BCUT2D eigenvalue weighted by Gasteiger charge is -2.05. The van der Waals surface area contributed by atoms with E-state index < -0.39 is 0 Å². The highest BCUT2D eigenvalue weighted by Crippen LogP contribution is 2.26. The van der Waals surface area contributed by atoms with Crippen LogP contribution < -0.4 is 10.1 Å². The monoisotopic (exact) mass is 379 g/mol. The largest absolute Gasteiger partial charge is 0.494 e. The standard InChI is InChI=1S/C19H17N5O2S/c1-3-26-14-9-6-8-13(11-14)17(25)20-18-23-24-16(21-22-19(24)27-18)15-10-5-4-7-12(15)2/h4-11H,3H2,1-2H3,(H,20,23,25). The van der Waals surface area contributed by atoms with E-state index in [1.807, 2.05) is 44.2 Å². The molecule has 0 fully saturated rings. The number of carbonyl (C=O) groups is 1. The molecule has 2 heterocycles. The topological polar surface area (TPSA) is 81.4 Å². The first-order valence-electron chi connectivity index (χ1n) is 8.48. The second kappa shape index (κ2) is 7.16. The lowest BCUT2D eigenvalue weighted by molar-refractivity contribution is 0.102. The van der Waals surface area contributed by atoms with Crippen LogP contribution in [0.25, 0.3) is 16.3 Å². The second-order valence-electron chi connectivity index (χ2n) is 5.86. The van der Waals surface area contributed by atoms with Crippen molar-refractivity contribution in [3.8, 4) is 17.1 Å². The summed E-state index contributed by atoms with van der Waals surface area (Å²) in [4.78, 5) is 13.2. The van der Waals surface area contributed by atoms with Crippen molar-refractivity contribution < 1.29 is 9.53 Å². The number of benzene rings is 2. The Balaban J connectivity index is 1.61. The van der Waals surface area contributed by atoms with Gasteiger partial charge in [-0.3, -0.25) is 10.1 Å². The predicted octanol–water partition coefficient (Wildman–Crippen LogP) is 3.81. The van der Waals surface area contributed by atoms with E-state index in [4.69, 9.17) is 4.74 Å². The first-order chi connectivity index (χ1) is 13.2. The van der Waals surface area contributed by atoms with Crippen LogP contribution >= 0.6 is 11.3 Å². The molecule has 2 aromatic heterocycles. The van der Waals surface area contributed by atoms with Crippen LogP contribution in [0.2, 0.25) is 0 Å². The number of nitrogens with one attached hydrogen (secondary N) is 1. The fourth-order valence-corrected chi connectivity index (χ4v) is 3.46. The Morgan fingerprint density at radius 2 is 2.04 bits per heavy atom. The quantitative estimate of drug-likeness (QED) is 0.570. The normalized spacial score (nSPS) is 10.9. The van der Waals surface area contributed by atoms with Crippen molar-refractivity contribution in [2.45, 2.75) is 13.8 Å². The van der Waals surface area contributed by atoms with Gasteiger partial charge in [0, 0.05) is 11.1 Å². The lowest BCUT2D eigenvalue weighted by atomic mass is 10.1. The number of nitrogens with zero attached hydrogens (tertiary/aromatic N) is 4. The fraction of sp³-hybridized carbons (Fsp3) is 0.158. The fourth-order valence-electron chi connectivity index (χ4n) is 2.72. The molecule has 4 rings (SSSR count). The molecule has 7 nitrogen and oxygen atoms in total. The SMILES string of the molecule is CCOc1cccc(C(=O)Nc2nn3c(-c4ccccc4C)nnc3s2)c1. The number of ether oxygens (including phenoxy) is 1. The van der Waals surface area contributed by atoms with Crippen LogP contribution in [-0.2, 0) is 0 Å². The van der Waals surface area contributed by atoms with Gasteiger partial charge in [-0.05, 0) is 37.6 Å². The van der Waals surface area contributed by atoms with Crippen molar-refractivity contribution in [1.29, 1.82) is 0 Å². The van der Waals surface area contributed by atoms with Crippen LogP contribution in [0.15, 0.2) is 48.5 Å². The minimum atomic E-state index is -0.251. The summed E-state index contributed by atoms with van der Waals surface area (Å²) in [7, 11) is 0. The summed E-state index contributed by atoms with van der Waals surface area (Å²) < 4.78 is 7.10. The van der Waals surface area contributed by atoms with Gasteiger partial charge in [-0.25, -0.2) is 0 Å². The maximum absolute atomic E-state index is 12.5. The van der Waals surface area contributed by atoms with Gasteiger partial charge in [-0.1, -0.05) is 41.7 Å². The number of hydrogen-bond acceptors (Lipinski definition) is 6. The van der Waals surface area contributed by atoms with Crippen LogP contribution in [0.4, 0.5) is 5.13 Å². The molecule has 0 aliphatic heterocycles. The number of aromatic nitrogens is 4. The molecule has 136 valence electrons. The van der Waals surface area contributed by atoms with Crippen LogP contribution in [0.1, 0.15) is 22.8 Å². The Bertz CT molecular complexity index is 1120. The Kier molecular flexibility index (Phi) is 4.55. The van der Waals surface area contributed by atoms with Crippen LogP contribution in [0.5, 0.6) is 5.75 Å². The zero-order chi connectivity index (χ0) is 18.8. The number of rotatable bonds is 5. The van der Waals surface area contributed by atoms with E-state index in [2.05, 4.69) is 20.6 Å². The third-order valence-electron chi connectivity index (χ3n) is 4.00. The Morgan fingerprint density at radius 1 is 1.19 bits per heavy atom. The summed E-state index contributed by atoms with van der Waals surface area (Å²) in [6, 6.07) is 14.9. The van der Waals surface area contributed by atoms with Gasteiger partial charge in [0.1, 0.15) is 5.75 Å². The predicted molar refractivity (Wildman–Crippen MR) is 104 cm³/mol. The first kappa shape index (κ1) is 17.2. The molecule has 1 amide bonds. The third kappa shape index (κ3) is 3.39. The number of amides is 1. The van der Waals surface area contributed by atoms with E-state index in [1.54, 1.807) is 22.7 Å².